The molecule has 1 saturated heterocycles. The van der Waals surface area contributed by atoms with E-state index in [1.807, 2.05) is 19.1 Å². The first-order chi connectivity index (χ1) is 15.9. The number of nitrogens with zero attached hydrogens (tertiary/aromatic N) is 2. The van der Waals surface area contributed by atoms with E-state index in [0.717, 1.165) is 41.5 Å². The van der Waals surface area contributed by atoms with Crippen LogP contribution in [-0.4, -0.2) is 65.2 Å². The van der Waals surface area contributed by atoms with Gasteiger partial charge in [0.1, 0.15) is 5.60 Å². The second-order valence-electron chi connectivity index (χ2n) is 8.94. The number of amides is 2. The Morgan fingerprint density at radius 2 is 2.06 bits per heavy atom. The minimum absolute atomic E-state index is 0.0322. The summed E-state index contributed by atoms with van der Waals surface area (Å²) in [7, 11) is 0. The lowest BCUT2D eigenvalue weighted by atomic mass is 9.80. The van der Waals surface area contributed by atoms with Crippen LogP contribution in [0.1, 0.15) is 46.5 Å². The summed E-state index contributed by atoms with van der Waals surface area (Å²) in [6, 6.07) is 7.80. The van der Waals surface area contributed by atoms with Gasteiger partial charge in [0, 0.05) is 30.9 Å². The smallest absolute Gasteiger partial charge is 0.251 e. The highest BCUT2D eigenvalue weighted by molar-refractivity contribution is 7.15. The second-order valence-corrected chi connectivity index (χ2v) is 9.97. The zero-order chi connectivity index (χ0) is 23.4. The Kier molecular flexibility index (Phi) is 7.28. The average Bonchev–Trinajstić information content (AvgIpc) is 3.25. The molecule has 1 saturated carbocycles. The summed E-state index contributed by atoms with van der Waals surface area (Å²) in [6.45, 7) is 3.81. The number of hydrogen-bond acceptors (Lipinski definition) is 8. The molecule has 2 amide bonds. The third-order valence-corrected chi connectivity index (χ3v) is 7.63. The van der Waals surface area contributed by atoms with Gasteiger partial charge in [-0.15, -0.1) is 0 Å². The molecule has 1 aromatic heterocycles. The number of hydrogen-bond donors (Lipinski definition) is 5. The van der Waals surface area contributed by atoms with Crippen LogP contribution in [0.25, 0.3) is 0 Å². The number of anilines is 1. The third-order valence-electron chi connectivity index (χ3n) is 6.48. The largest absolute Gasteiger partial charge is 0.384 e. The van der Waals surface area contributed by atoms with Crippen LogP contribution in [0.5, 0.6) is 0 Å². The highest BCUT2D eigenvalue weighted by Gasteiger charge is 2.41. The fraction of sp³-hybridized carbons (Fsp3) is 0.522. The Labute approximate surface area is 197 Å². The minimum atomic E-state index is -0.823. The number of aryl methyl sites for hydroxylation is 1. The molecule has 0 bridgehead atoms. The van der Waals surface area contributed by atoms with E-state index < -0.39 is 5.60 Å². The van der Waals surface area contributed by atoms with Crippen molar-refractivity contribution in [2.45, 2.75) is 50.3 Å². The van der Waals surface area contributed by atoms with Crippen molar-refractivity contribution in [2.75, 3.05) is 31.6 Å². The van der Waals surface area contributed by atoms with Crippen molar-refractivity contribution in [1.82, 2.24) is 20.5 Å². The fourth-order valence-electron chi connectivity index (χ4n) is 4.58. The van der Waals surface area contributed by atoms with E-state index in [1.165, 1.54) is 11.3 Å². The third kappa shape index (κ3) is 5.70. The number of likely N-dealkylation sites (tertiary alicyclic amines) is 1. The van der Waals surface area contributed by atoms with E-state index in [2.05, 4.69) is 25.8 Å². The predicted octanol–water partition coefficient (Wildman–Crippen LogP) is 1.14. The van der Waals surface area contributed by atoms with E-state index in [1.54, 1.807) is 18.3 Å². The molecule has 33 heavy (non-hydrogen) atoms. The number of thiazole rings is 1. The molecule has 1 aromatic carbocycles. The van der Waals surface area contributed by atoms with E-state index >= 15 is 0 Å². The van der Waals surface area contributed by atoms with Crippen LogP contribution < -0.4 is 21.7 Å². The van der Waals surface area contributed by atoms with Crippen LogP contribution in [0, 0.1) is 6.92 Å². The van der Waals surface area contributed by atoms with E-state index in [-0.39, 0.29) is 24.4 Å². The number of carbonyl (C=O) groups is 2. The van der Waals surface area contributed by atoms with Crippen molar-refractivity contribution in [3.05, 3.63) is 46.5 Å². The van der Waals surface area contributed by atoms with Gasteiger partial charge in [0.05, 0.1) is 24.1 Å². The lowest BCUT2D eigenvalue weighted by Crippen LogP contribution is -2.63. The topological polar surface area (TPSA) is 133 Å². The van der Waals surface area contributed by atoms with Crippen molar-refractivity contribution >= 4 is 28.3 Å². The van der Waals surface area contributed by atoms with Crippen LogP contribution in [0.4, 0.5) is 5.13 Å². The molecule has 0 unspecified atom stereocenters. The number of aromatic nitrogens is 1. The number of nitrogens with two attached hydrogens (primary N) is 1. The Hall–Kier alpha value is -2.53. The maximum atomic E-state index is 12.2. The first-order valence-electron chi connectivity index (χ1n) is 11.4. The Bertz CT molecular complexity index is 982. The van der Waals surface area contributed by atoms with Gasteiger partial charge in [-0.05, 0) is 44.7 Å². The molecule has 2 heterocycles. The normalized spacial score (nSPS) is 23.5. The molecule has 0 atom stereocenters. The summed E-state index contributed by atoms with van der Waals surface area (Å²) < 4.78 is 0. The van der Waals surface area contributed by atoms with E-state index in [9.17, 15) is 14.7 Å². The van der Waals surface area contributed by atoms with Crippen LogP contribution in [-0.2, 0) is 10.4 Å². The molecule has 178 valence electrons. The van der Waals surface area contributed by atoms with Gasteiger partial charge in [0.2, 0.25) is 5.91 Å². The van der Waals surface area contributed by atoms with E-state index in [4.69, 9.17) is 5.73 Å². The molecule has 4 rings (SSSR count). The molecule has 0 spiro atoms. The molecule has 2 fully saturated rings. The minimum Gasteiger partial charge on any atom is -0.384 e. The average molecular weight is 473 g/mol. The number of rotatable bonds is 8. The molecule has 9 nitrogen and oxygen atoms in total. The number of aliphatic hydroxyl groups is 1. The summed E-state index contributed by atoms with van der Waals surface area (Å²) in [5.74, 6) is -0.420. The number of benzene rings is 1. The monoisotopic (exact) mass is 472 g/mol. The van der Waals surface area contributed by atoms with Crippen LogP contribution >= 0.6 is 11.3 Å². The number of nitrogens with one attached hydrogen (secondary N) is 3. The van der Waals surface area contributed by atoms with Gasteiger partial charge in [-0.2, -0.15) is 0 Å². The SMILES string of the molecule is Cc1cccc(C(=O)NCC(=O)NC2CN([C@H]3CC[C@@](O)(c4cnc(NCN)s4)CC3)C2)c1. The van der Waals surface area contributed by atoms with Gasteiger partial charge < -0.3 is 26.8 Å². The summed E-state index contributed by atoms with van der Waals surface area (Å²) in [5.41, 5.74) is 6.23. The maximum absolute atomic E-state index is 12.2. The molecule has 10 heteroatoms. The van der Waals surface area contributed by atoms with Crippen molar-refractivity contribution in [1.29, 1.82) is 0 Å². The van der Waals surface area contributed by atoms with Crippen LogP contribution in [0.3, 0.4) is 0 Å². The van der Waals surface area contributed by atoms with Gasteiger partial charge in [0.25, 0.3) is 5.91 Å². The highest BCUT2D eigenvalue weighted by atomic mass is 32.1. The molecule has 6 N–H and O–H groups in total. The summed E-state index contributed by atoms with van der Waals surface area (Å²) >= 11 is 1.46. The van der Waals surface area contributed by atoms with Crippen LogP contribution in [0.2, 0.25) is 0 Å². The fourth-order valence-corrected chi connectivity index (χ4v) is 5.55. The zero-order valence-corrected chi connectivity index (χ0v) is 19.7. The summed E-state index contributed by atoms with van der Waals surface area (Å²) in [6.07, 6.45) is 4.94. The van der Waals surface area contributed by atoms with Crippen molar-refractivity contribution in [3.63, 3.8) is 0 Å². The first kappa shape index (κ1) is 23.6. The summed E-state index contributed by atoms with van der Waals surface area (Å²) in [4.78, 5) is 31.9. The Morgan fingerprint density at radius 3 is 2.76 bits per heavy atom. The van der Waals surface area contributed by atoms with Gasteiger partial charge in [-0.1, -0.05) is 29.0 Å². The van der Waals surface area contributed by atoms with E-state index in [0.29, 0.717) is 31.1 Å². The molecule has 2 aliphatic rings. The van der Waals surface area contributed by atoms with Crippen LogP contribution in [0.15, 0.2) is 30.5 Å². The zero-order valence-electron chi connectivity index (χ0n) is 18.8. The number of carbonyl (C=O) groups excluding carboxylic acids is 2. The molecular weight excluding hydrogens is 440 g/mol. The first-order valence-corrected chi connectivity index (χ1v) is 12.2. The standard InChI is InChI=1S/C23H32N6O3S/c1-15-3-2-4-16(9-15)21(31)25-11-20(30)28-17-12-29(13-17)18-5-7-23(32,8-6-18)19-10-26-22(33-19)27-14-24/h2-4,9-10,17-18,32H,5-8,11-14,24H2,1H3,(H,25,31)(H,26,27)(H,28,30)/t18-,23-. The molecule has 0 radical (unpaired) electrons. The molecule has 1 aliphatic heterocycles. The highest BCUT2D eigenvalue weighted by Crippen LogP contribution is 2.42. The van der Waals surface area contributed by atoms with Gasteiger partial charge in [0.15, 0.2) is 5.13 Å². The van der Waals surface area contributed by atoms with Gasteiger partial charge in [-0.3, -0.25) is 14.5 Å². The molecular formula is C23H32N6O3S. The molecule has 2 aromatic rings. The predicted molar refractivity (Wildman–Crippen MR) is 128 cm³/mol. The Morgan fingerprint density at radius 1 is 1.30 bits per heavy atom. The summed E-state index contributed by atoms with van der Waals surface area (Å²) in [5, 5.41) is 20.5. The second kappa shape index (κ2) is 10.2. The van der Waals surface area contributed by atoms with Crippen molar-refractivity contribution in [3.8, 4) is 0 Å². The quantitative estimate of drug-likeness (QED) is 0.364. The lowest BCUT2D eigenvalue weighted by molar-refractivity contribution is -0.122. The van der Waals surface area contributed by atoms with Gasteiger partial charge >= 0.3 is 0 Å². The molecule has 1 aliphatic carbocycles. The maximum Gasteiger partial charge on any atom is 0.251 e. The van der Waals surface area contributed by atoms with Crippen molar-refractivity contribution < 1.29 is 14.7 Å². The lowest BCUT2D eigenvalue weighted by Gasteiger charge is -2.48. The van der Waals surface area contributed by atoms with Crippen molar-refractivity contribution in [2.24, 2.45) is 5.73 Å². The van der Waals surface area contributed by atoms with Gasteiger partial charge in [-0.25, -0.2) is 4.98 Å². The Balaban J connectivity index is 1.16.